The van der Waals surface area contributed by atoms with Crippen LogP contribution in [-0.2, 0) is 4.74 Å². The average Bonchev–Trinajstić information content (AvgIpc) is 2.62. The maximum Gasteiger partial charge on any atom is 0.343 e. The fourth-order valence-corrected chi connectivity index (χ4v) is 3.72. The van der Waals surface area contributed by atoms with Gasteiger partial charge in [-0.3, -0.25) is 10.1 Å². The predicted molar refractivity (Wildman–Crippen MR) is 106 cm³/mol. The van der Waals surface area contributed by atoms with Crippen LogP contribution >= 0.6 is 11.9 Å². The molecule has 0 aromatic carbocycles. The predicted octanol–water partition coefficient (Wildman–Crippen LogP) is 4.44. The Morgan fingerprint density at radius 1 is 1.15 bits per heavy atom. The average molecular weight is 387 g/mol. The van der Waals surface area contributed by atoms with E-state index in [1.165, 1.54) is 49.0 Å². The smallest absolute Gasteiger partial charge is 0.343 e. The molecule has 150 valence electrons. The Kier molecular flexibility index (Phi) is 11.2. The van der Waals surface area contributed by atoms with Gasteiger partial charge in [-0.05, 0) is 37.1 Å². The zero-order valence-corrected chi connectivity index (χ0v) is 17.2. The number of ether oxygens (including phenoxy) is 1. The molecule has 0 aliphatic heterocycles. The Morgan fingerprint density at radius 3 is 2.46 bits per heavy atom. The van der Waals surface area contributed by atoms with E-state index in [-0.39, 0.29) is 0 Å². The van der Waals surface area contributed by atoms with Crippen molar-refractivity contribution in [3.63, 3.8) is 0 Å². The second-order valence-electron chi connectivity index (χ2n) is 6.95. The minimum atomic E-state index is -0.622. The number of hydrogen-bond donors (Lipinski definition) is 2. The summed E-state index contributed by atoms with van der Waals surface area (Å²) in [5.41, 5.74) is 0. The van der Waals surface area contributed by atoms with E-state index in [4.69, 9.17) is 10.1 Å². The van der Waals surface area contributed by atoms with Gasteiger partial charge in [-0.15, -0.1) is 0 Å². The Labute approximate surface area is 161 Å². The van der Waals surface area contributed by atoms with Crippen LogP contribution < -0.4 is 4.72 Å². The van der Waals surface area contributed by atoms with Crippen LogP contribution in [0.25, 0.3) is 0 Å². The van der Waals surface area contributed by atoms with Gasteiger partial charge >= 0.3 is 18.1 Å². The lowest BCUT2D eigenvalue weighted by Crippen LogP contribution is -2.50. The first-order valence-corrected chi connectivity index (χ1v) is 10.6. The Morgan fingerprint density at radius 2 is 1.85 bits per heavy atom. The molecule has 26 heavy (non-hydrogen) atoms. The second-order valence-corrected chi connectivity index (χ2v) is 7.78. The fraction of sp³-hybridized carbons (Fsp3) is 0.833. The van der Waals surface area contributed by atoms with Crippen LogP contribution in [0.15, 0.2) is 0 Å². The molecule has 1 fully saturated rings. The van der Waals surface area contributed by atoms with Crippen LogP contribution in [0.4, 0.5) is 9.59 Å². The van der Waals surface area contributed by atoms with Crippen molar-refractivity contribution in [2.45, 2.75) is 64.7 Å². The highest BCUT2D eigenvalue weighted by molar-refractivity contribution is 7.97. The van der Waals surface area contributed by atoms with E-state index < -0.39 is 18.1 Å². The van der Waals surface area contributed by atoms with Crippen molar-refractivity contribution in [2.75, 3.05) is 26.5 Å². The van der Waals surface area contributed by atoms with E-state index in [1.807, 2.05) is 0 Å². The van der Waals surface area contributed by atoms with Crippen LogP contribution in [-0.4, -0.2) is 54.3 Å². The van der Waals surface area contributed by atoms with Crippen LogP contribution in [0.2, 0.25) is 0 Å². The molecule has 0 bridgehead atoms. The monoisotopic (exact) mass is 386 g/mol. The number of urea groups is 2. The normalized spacial score (nSPS) is 14.6. The molecule has 0 spiro atoms. The van der Waals surface area contributed by atoms with Gasteiger partial charge in [-0.1, -0.05) is 45.4 Å². The summed E-state index contributed by atoms with van der Waals surface area (Å²) in [5, 5.41) is 8.00. The lowest BCUT2D eigenvalue weighted by Gasteiger charge is -2.25. The molecule has 0 heterocycles. The minimum absolute atomic E-state index is 0.332. The van der Waals surface area contributed by atoms with Crippen molar-refractivity contribution >= 4 is 30.0 Å². The summed E-state index contributed by atoms with van der Waals surface area (Å²) in [6.45, 7) is 2.45. The van der Waals surface area contributed by atoms with Gasteiger partial charge in [-0.2, -0.15) is 4.90 Å². The number of amidine groups is 1. The Hall–Kier alpha value is -1.44. The minimum Gasteiger partial charge on any atom is -0.465 e. The highest BCUT2D eigenvalue weighted by Gasteiger charge is 2.29. The summed E-state index contributed by atoms with van der Waals surface area (Å²) < 4.78 is 8.02. The molecule has 1 saturated carbocycles. The van der Waals surface area contributed by atoms with Crippen molar-refractivity contribution in [1.29, 1.82) is 5.41 Å². The molecule has 0 aromatic rings. The SMILES string of the molecule is CCCCCCOC(=N)N(C(=O)NSCC1CCCCC1)C(=O)N(C)C. The van der Waals surface area contributed by atoms with Gasteiger partial charge in [0.2, 0.25) is 0 Å². The molecule has 1 aliphatic carbocycles. The Balaban J connectivity index is 2.48. The summed E-state index contributed by atoms with van der Waals surface area (Å²) >= 11 is 1.31. The molecule has 0 saturated heterocycles. The molecular formula is C18H34N4O3S. The molecule has 0 aromatic heterocycles. The largest absolute Gasteiger partial charge is 0.465 e. The van der Waals surface area contributed by atoms with Crippen LogP contribution in [0.3, 0.4) is 0 Å². The zero-order chi connectivity index (χ0) is 19.4. The quantitative estimate of drug-likeness (QED) is 0.279. The maximum atomic E-state index is 12.4. The molecule has 1 rings (SSSR count). The van der Waals surface area contributed by atoms with Gasteiger partial charge < -0.3 is 9.64 Å². The number of carbonyl (C=O) groups is 2. The number of imide groups is 1. The first-order chi connectivity index (χ1) is 12.5. The van der Waals surface area contributed by atoms with Crippen molar-refractivity contribution in [3.8, 4) is 0 Å². The van der Waals surface area contributed by atoms with Crippen molar-refractivity contribution in [3.05, 3.63) is 0 Å². The van der Waals surface area contributed by atoms with E-state index in [0.717, 1.165) is 36.3 Å². The van der Waals surface area contributed by atoms with Gasteiger partial charge in [0.1, 0.15) is 0 Å². The van der Waals surface area contributed by atoms with Crippen molar-refractivity contribution < 1.29 is 14.3 Å². The molecule has 1 aliphatic rings. The number of hydrogen-bond acceptors (Lipinski definition) is 5. The van der Waals surface area contributed by atoms with E-state index in [1.54, 1.807) is 14.1 Å². The third kappa shape index (κ3) is 8.29. The van der Waals surface area contributed by atoms with E-state index in [2.05, 4.69) is 11.6 Å². The summed E-state index contributed by atoms with van der Waals surface area (Å²) in [5.74, 6) is 1.45. The van der Waals surface area contributed by atoms with Crippen LogP contribution in [0, 0.1) is 11.3 Å². The molecule has 2 N–H and O–H groups in total. The van der Waals surface area contributed by atoms with E-state index >= 15 is 0 Å². The van der Waals surface area contributed by atoms with Gasteiger partial charge in [0.05, 0.1) is 6.61 Å². The van der Waals surface area contributed by atoms with Crippen LogP contribution in [0.1, 0.15) is 64.7 Å². The van der Waals surface area contributed by atoms with Gasteiger partial charge in [0, 0.05) is 19.8 Å². The number of nitrogens with zero attached hydrogens (tertiary/aromatic N) is 2. The van der Waals surface area contributed by atoms with Gasteiger partial charge in [0.25, 0.3) is 0 Å². The molecule has 0 atom stereocenters. The maximum absolute atomic E-state index is 12.4. The fourth-order valence-electron chi connectivity index (χ4n) is 2.85. The summed E-state index contributed by atoms with van der Waals surface area (Å²) in [7, 11) is 3.10. The molecule has 7 nitrogen and oxygen atoms in total. The molecule has 4 amide bonds. The lowest BCUT2D eigenvalue weighted by atomic mass is 9.91. The zero-order valence-electron chi connectivity index (χ0n) is 16.4. The summed E-state index contributed by atoms with van der Waals surface area (Å²) in [4.78, 5) is 26.7. The highest BCUT2D eigenvalue weighted by Crippen LogP contribution is 2.25. The standard InChI is InChI=1S/C18H34N4O3S/c1-4-5-6-10-13-25-16(19)22(18(24)21(2)3)17(23)20-26-14-15-11-8-7-9-12-15/h15,19H,4-14H2,1-3H3,(H,20,23). The highest BCUT2D eigenvalue weighted by atomic mass is 32.2. The summed E-state index contributed by atoms with van der Waals surface area (Å²) in [6.07, 6.45) is 10.2. The van der Waals surface area contributed by atoms with Crippen LogP contribution in [0.5, 0.6) is 0 Å². The number of nitrogens with one attached hydrogen (secondary N) is 2. The van der Waals surface area contributed by atoms with Crippen molar-refractivity contribution in [2.24, 2.45) is 5.92 Å². The number of rotatable bonds is 8. The van der Waals surface area contributed by atoms with E-state index in [9.17, 15) is 9.59 Å². The topological polar surface area (TPSA) is 85.7 Å². The molecular weight excluding hydrogens is 352 g/mol. The third-order valence-corrected chi connectivity index (χ3v) is 5.38. The van der Waals surface area contributed by atoms with E-state index in [0.29, 0.717) is 12.5 Å². The molecule has 0 unspecified atom stereocenters. The lowest BCUT2D eigenvalue weighted by molar-refractivity contribution is 0.173. The first kappa shape index (κ1) is 22.6. The van der Waals surface area contributed by atoms with Gasteiger partial charge in [-0.25, -0.2) is 9.59 Å². The second kappa shape index (κ2) is 12.8. The third-order valence-electron chi connectivity index (χ3n) is 4.42. The number of unbranched alkanes of at least 4 members (excludes halogenated alkanes) is 3. The first-order valence-electron chi connectivity index (χ1n) is 9.61. The number of carbonyl (C=O) groups excluding carboxylic acids is 2. The number of amides is 4. The van der Waals surface area contributed by atoms with Gasteiger partial charge in [0.15, 0.2) is 0 Å². The van der Waals surface area contributed by atoms with Crippen molar-refractivity contribution in [1.82, 2.24) is 14.5 Å². The summed E-state index contributed by atoms with van der Waals surface area (Å²) in [6, 6.07) is -1.63. The Bertz CT molecular complexity index is 454. The molecule has 8 heteroatoms. The molecule has 0 radical (unpaired) electrons.